The predicted octanol–water partition coefficient (Wildman–Crippen LogP) is 2.27. The van der Waals surface area contributed by atoms with Gasteiger partial charge < -0.3 is 9.64 Å². The molecule has 0 spiro atoms. The van der Waals surface area contributed by atoms with Crippen molar-refractivity contribution < 1.29 is 9.53 Å². The van der Waals surface area contributed by atoms with Crippen molar-refractivity contribution in [1.29, 1.82) is 0 Å². The Labute approximate surface area is 143 Å². The van der Waals surface area contributed by atoms with Crippen LogP contribution >= 0.6 is 0 Å². The van der Waals surface area contributed by atoms with E-state index in [0.29, 0.717) is 31.0 Å². The molecule has 2 aliphatic heterocycles. The van der Waals surface area contributed by atoms with Crippen LogP contribution in [0.25, 0.3) is 0 Å². The molecular formula is C19H27N3O2. The number of hydrogen-bond donors (Lipinski definition) is 2. The molecule has 0 radical (unpaired) electrons. The minimum absolute atomic E-state index is 0.225. The van der Waals surface area contributed by atoms with Gasteiger partial charge in [0.15, 0.2) is 0 Å². The molecular weight excluding hydrogens is 302 g/mol. The Balaban J connectivity index is 1.41. The van der Waals surface area contributed by atoms with E-state index in [9.17, 15) is 4.79 Å². The van der Waals surface area contributed by atoms with Crippen molar-refractivity contribution in [2.24, 2.45) is 5.92 Å². The first-order chi connectivity index (χ1) is 11.7. The lowest BCUT2D eigenvalue weighted by Gasteiger charge is -2.23. The smallest absolute Gasteiger partial charge is 0.227 e. The van der Waals surface area contributed by atoms with Crippen LogP contribution in [0.1, 0.15) is 39.0 Å². The van der Waals surface area contributed by atoms with E-state index in [0.717, 1.165) is 18.0 Å². The number of carbonyl (C=O) groups is 1. The second kappa shape index (κ2) is 6.73. The maximum Gasteiger partial charge on any atom is 0.227 e. The first-order valence-corrected chi connectivity index (χ1v) is 9.30. The molecule has 2 N–H and O–H groups in total. The summed E-state index contributed by atoms with van der Waals surface area (Å²) in [6.45, 7) is 3.42. The van der Waals surface area contributed by atoms with Crippen molar-refractivity contribution in [3.05, 3.63) is 24.3 Å². The average molecular weight is 329 g/mol. The van der Waals surface area contributed by atoms with Gasteiger partial charge in [0.1, 0.15) is 5.75 Å². The zero-order chi connectivity index (χ0) is 16.5. The molecule has 2 heterocycles. The van der Waals surface area contributed by atoms with E-state index in [4.69, 9.17) is 4.74 Å². The lowest BCUT2D eigenvalue weighted by molar-refractivity contribution is -0.117. The van der Waals surface area contributed by atoms with Gasteiger partial charge in [0.2, 0.25) is 5.91 Å². The zero-order valence-electron chi connectivity index (χ0n) is 14.3. The third kappa shape index (κ3) is 3.03. The molecule has 3 aliphatic rings. The summed E-state index contributed by atoms with van der Waals surface area (Å²) in [7, 11) is 0. The fourth-order valence-electron chi connectivity index (χ4n) is 4.41. The number of ether oxygens (including phenoxy) is 1. The number of anilines is 1. The highest BCUT2D eigenvalue weighted by molar-refractivity contribution is 5.95. The summed E-state index contributed by atoms with van der Waals surface area (Å²) in [6.07, 6.45) is 6.07. The monoisotopic (exact) mass is 329 g/mol. The van der Waals surface area contributed by atoms with Gasteiger partial charge in [0.05, 0.1) is 12.8 Å². The van der Waals surface area contributed by atoms with Crippen LogP contribution in [0.4, 0.5) is 5.69 Å². The summed E-state index contributed by atoms with van der Waals surface area (Å²) >= 11 is 0. The molecule has 2 saturated heterocycles. The average Bonchev–Trinajstić information content (AvgIpc) is 3.19. The van der Waals surface area contributed by atoms with Crippen LogP contribution in [0.15, 0.2) is 24.3 Å². The Morgan fingerprint density at radius 1 is 1.12 bits per heavy atom. The van der Waals surface area contributed by atoms with E-state index in [-0.39, 0.29) is 12.1 Å². The molecule has 1 saturated carbocycles. The molecule has 3 fully saturated rings. The van der Waals surface area contributed by atoms with Crippen molar-refractivity contribution in [2.45, 2.75) is 57.3 Å². The molecule has 4 rings (SSSR count). The fourth-order valence-corrected chi connectivity index (χ4v) is 4.41. The molecule has 1 aromatic carbocycles. The highest BCUT2D eigenvalue weighted by Crippen LogP contribution is 2.31. The third-order valence-electron chi connectivity index (χ3n) is 5.64. The number of amides is 1. The number of nitrogens with one attached hydrogen (secondary N) is 2. The van der Waals surface area contributed by atoms with Crippen LogP contribution in [-0.2, 0) is 4.79 Å². The van der Waals surface area contributed by atoms with Crippen LogP contribution in [0.2, 0.25) is 0 Å². The van der Waals surface area contributed by atoms with Crippen molar-refractivity contribution >= 4 is 11.6 Å². The second-order valence-corrected chi connectivity index (χ2v) is 7.20. The summed E-state index contributed by atoms with van der Waals surface area (Å²) in [6, 6.07) is 9.05. The lowest BCUT2D eigenvalue weighted by atomic mass is 9.92. The Morgan fingerprint density at radius 2 is 1.79 bits per heavy atom. The standard InChI is InChI=1S/C19H27N3O2/c1-2-24-15-9-7-14(8-10-15)22-12-13(11-18(22)23)19-20-16-5-3-4-6-17(16)21-19/h7-10,13,16-17,19-21H,2-6,11-12H2,1H3. The summed E-state index contributed by atoms with van der Waals surface area (Å²) in [5.74, 6) is 1.42. The van der Waals surface area contributed by atoms with E-state index in [1.54, 1.807) is 0 Å². The second-order valence-electron chi connectivity index (χ2n) is 7.20. The summed E-state index contributed by atoms with van der Waals surface area (Å²) in [4.78, 5) is 14.4. The quantitative estimate of drug-likeness (QED) is 0.890. The van der Waals surface area contributed by atoms with Gasteiger partial charge in [-0.25, -0.2) is 0 Å². The molecule has 1 amide bonds. The van der Waals surface area contributed by atoms with Gasteiger partial charge >= 0.3 is 0 Å². The molecule has 24 heavy (non-hydrogen) atoms. The lowest BCUT2D eigenvalue weighted by Crippen LogP contribution is -2.41. The normalized spacial score (nSPS) is 32.9. The molecule has 130 valence electrons. The number of nitrogens with zero attached hydrogens (tertiary/aromatic N) is 1. The number of benzene rings is 1. The van der Waals surface area contributed by atoms with Crippen molar-refractivity contribution in [3.8, 4) is 5.75 Å². The fraction of sp³-hybridized carbons (Fsp3) is 0.632. The molecule has 0 bridgehead atoms. The van der Waals surface area contributed by atoms with Gasteiger partial charge in [-0.2, -0.15) is 0 Å². The highest BCUT2D eigenvalue weighted by Gasteiger charge is 2.42. The highest BCUT2D eigenvalue weighted by atomic mass is 16.5. The maximum absolute atomic E-state index is 12.5. The molecule has 1 aliphatic carbocycles. The van der Waals surface area contributed by atoms with Gasteiger partial charge in [-0.15, -0.1) is 0 Å². The first-order valence-electron chi connectivity index (χ1n) is 9.30. The number of rotatable bonds is 4. The summed E-state index contributed by atoms with van der Waals surface area (Å²) in [5.41, 5.74) is 0.973. The van der Waals surface area contributed by atoms with E-state index in [1.165, 1.54) is 25.7 Å². The molecule has 0 aromatic heterocycles. The predicted molar refractivity (Wildman–Crippen MR) is 94.2 cm³/mol. The van der Waals surface area contributed by atoms with Crippen molar-refractivity contribution in [2.75, 3.05) is 18.1 Å². The van der Waals surface area contributed by atoms with E-state index in [1.807, 2.05) is 36.1 Å². The van der Waals surface area contributed by atoms with E-state index < -0.39 is 0 Å². The Hall–Kier alpha value is -1.59. The van der Waals surface area contributed by atoms with Crippen LogP contribution in [0, 0.1) is 5.92 Å². The largest absolute Gasteiger partial charge is 0.494 e. The molecule has 3 unspecified atom stereocenters. The Bertz CT molecular complexity index is 575. The van der Waals surface area contributed by atoms with Gasteiger partial charge in [-0.3, -0.25) is 15.4 Å². The number of fused-ring (bicyclic) bond motifs is 1. The van der Waals surface area contributed by atoms with Crippen LogP contribution in [0.5, 0.6) is 5.75 Å². The van der Waals surface area contributed by atoms with Crippen molar-refractivity contribution in [3.63, 3.8) is 0 Å². The molecule has 5 nitrogen and oxygen atoms in total. The van der Waals surface area contributed by atoms with E-state index >= 15 is 0 Å². The topological polar surface area (TPSA) is 53.6 Å². The molecule has 3 atom stereocenters. The minimum Gasteiger partial charge on any atom is -0.494 e. The van der Waals surface area contributed by atoms with Gasteiger partial charge in [-0.05, 0) is 44.0 Å². The SMILES string of the molecule is CCOc1ccc(N2CC(C3NC4CCCCC4N3)CC2=O)cc1. The molecule has 1 aromatic rings. The van der Waals surface area contributed by atoms with Gasteiger partial charge in [-0.1, -0.05) is 12.8 Å². The zero-order valence-corrected chi connectivity index (χ0v) is 14.3. The van der Waals surface area contributed by atoms with Crippen LogP contribution in [0.3, 0.4) is 0 Å². The number of carbonyl (C=O) groups excluding carboxylic acids is 1. The summed E-state index contributed by atoms with van der Waals surface area (Å²) in [5, 5.41) is 7.49. The van der Waals surface area contributed by atoms with Crippen LogP contribution < -0.4 is 20.3 Å². The first kappa shape index (κ1) is 15.9. The third-order valence-corrected chi connectivity index (χ3v) is 5.64. The maximum atomic E-state index is 12.5. The van der Waals surface area contributed by atoms with E-state index in [2.05, 4.69) is 10.6 Å². The Kier molecular flexibility index (Phi) is 4.46. The number of hydrogen-bond acceptors (Lipinski definition) is 4. The molecule has 5 heteroatoms. The summed E-state index contributed by atoms with van der Waals surface area (Å²) < 4.78 is 5.48. The Morgan fingerprint density at radius 3 is 2.42 bits per heavy atom. The van der Waals surface area contributed by atoms with Crippen molar-refractivity contribution in [1.82, 2.24) is 10.6 Å². The van der Waals surface area contributed by atoms with Gasteiger partial charge in [0, 0.05) is 36.7 Å². The van der Waals surface area contributed by atoms with Gasteiger partial charge in [0.25, 0.3) is 0 Å². The van der Waals surface area contributed by atoms with Crippen LogP contribution in [-0.4, -0.2) is 37.3 Å². The minimum atomic E-state index is 0.225.